The van der Waals surface area contributed by atoms with Crippen molar-refractivity contribution in [3.05, 3.63) is 22.2 Å². The van der Waals surface area contributed by atoms with E-state index in [1.165, 1.54) is 0 Å². The molecule has 1 saturated carbocycles. The van der Waals surface area contributed by atoms with Gasteiger partial charge in [-0.15, -0.1) is 0 Å². The van der Waals surface area contributed by atoms with Crippen molar-refractivity contribution in [2.24, 2.45) is 0 Å². The summed E-state index contributed by atoms with van der Waals surface area (Å²) in [5.74, 6) is 1.27. The van der Waals surface area contributed by atoms with Gasteiger partial charge < -0.3 is 14.6 Å². The van der Waals surface area contributed by atoms with Crippen LogP contribution in [0.5, 0.6) is 11.5 Å². The Morgan fingerprint density at radius 1 is 1.27 bits per heavy atom. The van der Waals surface area contributed by atoms with Gasteiger partial charge in [-0.1, -0.05) is 15.9 Å². The molecule has 1 N–H and O–H groups in total. The van der Waals surface area contributed by atoms with E-state index < -0.39 is 5.60 Å². The number of hydrogen-bond acceptors (Lipinski definition) is 3. The van der Waals surface area contributed by atoms with Crippen molar-refractivity contribution < 1.29 is 14.6 Å². The van der Waals surface area contributed by atoms with Gasteiger partial charge in [0.2, 0.25) is 0 Å². The van der Waals surface area contributed by atoms with Gasteiger partial charge in [-0.25, -0.2) is 0 Å². The first-order valence-electron chi connectivity index (χ1n) is 4.76. The van der Waals surface area contributed by atoms with Crippen LogP contribution in [0.1, 0.15) is 18.4 Å². The fourth-order valence-electron chi connectivity index (χ4n) is 1.70. The Balaban J connectivity index is 2.59. The van der Waals surface area contributed by atoms with Gasteiger partial charge in [0.1, 0.15) is 0 Å². The van der Waals surface area contributed by atoms with Gasteiger partial charge >= 0.3 is 0 Å². The zero-order valence-corrected chi connectivity index (χ0v) is 10.3. The smallest absolute Gasteiger partial charge is 0.167 e. The van der Waals surface area contributed by atoms with Crippen LogP contribution in [0.3, 0.4) is 0 Å². The molecule has 1 aliphatic rings. The van der Waals surface area contributed by atoms with Crippen LogP contribution in [-0.2, 0) is 5.60 Å². The first-order chi connectivity index (χ1) is 7.12. The van der Waals surface area contributed by atoms with Crippen LogP contribution >= 0.6 is 15.9 Å². The predicted molar refractivity (Wildman–Crippen MR) is 60.4 cm³/mol. The van der Waals surface area contributed by atoms with Crippen LogP contribution in [-0.4, -0.2) is 19.3 Å². The standard InChI is InChI=1S/C11H13BrO3/c1-14-8-4-3-7(12)9(10(8)15-2)11(13)5-6-11/h3-4,13H,5-6H2,1-2H3. The average Bonchev–Trinajstić information content (AvgIpc) is 2.96. The molecule has 0 atom stereocenters. The third kappa shape index (κ3) is 1.72. The number of ether oxygens (including phenoxy) is 2. The first-order valence-corrected chi connectivity index (χ1v) is 5.55. The minimum atomic E-state index is -0.737. The average molecular weight is 273 g/mol. The van der Waals surface area contributed by atoms with Crippen LogP contribution in [0.2, 0.25) is 0 Å². The van der Waals surface area contributed by atoms with Crippen molar-refractivity contribution in [1.29, 1.82) is 0 Å². The third-order valence-electron chi connectivity index (χ3n) is 2.68. The molecule has 15 heavy (non-hydrogen) atoms. The molecular formula is C11H13BrO3. The number of rotatable bonds is 3. The summed E-state index contributed by atoms with van der Waals surface area (Å²) in [6.45, 7) is 0. The van der Waals surface area contributed by atoms with Gasteiger partial charge in [0.15, 0.2) is 11.5 Å². The number of aliphatic hydroxyl groups is 1. The van der Waals surface area contributed by atoms with E-state index in [4.69, 9.17) is 9.47 Å². The second-order valence-electron chi connectivity index (χ2n) is 3.69. The van der Waals surface area contributed by atoms with E-state index in [1.54, 1.807) is 14.2 Å². The quantitative estimate of drug-likeness (QED) is 0.919. The second kappa shape index (κ2) is 3.68. The molecular weight excluding hydrogens is 260 g/mol. The number of halogens is 1. The number of methoxy groups -OCH3 is 2. The van der Waals surface area contributed by atoms with E-state index in [0.717, 1.165) is 22.9 Å². The summed E-state index contributed by atoms with van der Waals surface area (Å²) in [5, 5.41) is 10.1. The van der Waals surface area contributed by atoms with Crippen molar-refractivity contribution in [2.75, 3.05) is 14.2 Å². The molecule has 0 unspecified atom stereocenters. The minimum absolute atomic E-state index is 0.617. The number of benzene rings is 1. The molecule has 0 spiro atoms. The molecule has 0 bridgehead atoms. The highest BCUT2D eigenvalue weighted by molar-refractivity contribution is 9.10. The molecule has 0 heterocycles. The van der Waals surface area contributed by atoms with Gasteiger partial charge in [-0.05, 0) is 25.0 Å². The maximum atomic E-state index is 10.1. The maximum Gasteiger partial charge on any atom is 0.167 e. The van der Waals surface area contributed by atoms with Crippen LogP contribution < -0.4 is 9.47 Å². The largest absolute Gasteiger partial charge is 0.493 e. The van der Waals surface area contributed by atoms with Gasteiger partial charge in [0, 0.05) is 10.0 Å². The fourth-order valence-corrected chi connectivity index (χ4v) is 2.39. The lowest BCUT2D eigenvalue weighted by Gasteiger charge is -2.17. The Morgan fingerprint density at radius 2 is 1.93 bits per heavy atom. The predicted octanol–water partition coefficient (Wildman–Crippen LogP) is 2.45. The molecule has 0 saturated heterocycles. The highest BCUT2D eigenvalue weighted by atomic mass is 79.9. The van der Waals surface area contributed by atoms with Crippen LogP contribution in [0.15, 0.2) is 16.6 Å². The van der Waals surface area contributed by atoms with Crippen LogP contribution in [0.4, 0.5) is 0 Å². The zero-order valence-electron chi connectivity index (χ0n) is 8.71. The van der Waals surface area contributed by atoms with Crippen molar-refractivity contribution in [3.63, 3.8) is 0 Å². The van der Waals surface area contributed by atoms with Gasteiger partial charge in [0.25, 0.3) is 0 Å². The molecule has 3 nitrogen and oxygen atoms in total. The third-order valence-corrected chi connectivity index (χ3v) is 3.34. The van der Waals surface area contributed by atoms with E-state index >= 15 is 0 Å². The summed E-state index contributed by atoms with van der Waals surface area (Å²) in [6, 6.07) is 3.69. The monoisotopic (exact) mass is 272 g/mol. The molecule has 1 aromatic rings. The van der Waals surface area contributed by atoms with E-state index in [-0.39, 0.29) is 0 Å². The lowest BCUT2D eigenvalue weighted by atomic mass is 10.1. The normalized spacial score (nSPS) is 17.3. The molecule has 2 rings (SSSR count). The van der Waals surface area contributed by atoms with E-state index in [1.807, 2.05) is 12.1 Å². The van der Waals surface area contributed by atoms with E-state index in [0.29, 0.717) is 11.5 Å². The topological polar surface area (TPSA) is 38.7 Å². The van der Waals surface area contributed by atoms with Crippen molar-refractivity contribution in [3.8, 4) is 11.5 Å². The summed E-state index contributed by atoms with van der Waals surface area (Å²) in [7, 11) is 3.17. The van der Waals surface area contributed by atoms with Crippen molar-refractivity contribution >= 4 is 15.9 Å². The maximum absolute atomic E-state index is 10.1. The summed E-state index contributed by atoms with van der Waals surface area (Å²) in [4.78, 5) is 0. The SMILES string of the molecule is COc1ccc(Br)c(C2(O)CC2)c1OC. The fraction of sp³-hybridized carbons (Fsp3) is 0.455. The molecule has 1 fully saturated rings. The molecule has 1 aliphatic carbocycles. The second-order valence-corrected chi connectivity index (χ2v) is 4.54. The molecule has 1 aromatic carbocycles. The molecule has 0 aromatic heterocycles. The Kier molecular flexibility index (Phi) is 2.64. The Hall–Kier alpha value is -0.740. The zero-order chi connectivity index (χ0) is 11.1. The lowest BCUT2D eigenvalue weighted by Crippen LogP contribution is -2.08. The molecule has 0 aliphatic heterocycles. The Morgan fingerprint density at radius 3 is 2.40 bits per heavy atom. The summed E-state index contributed by atoms with van der Waals surface area (Å²) in [6.07, 6.45) is 1.55. The Labute approximate surface area is 97.1 Å². The minimum Gasteiger partial charge on any atom is -0.493 e. The molecule has 4 heteroatoms. The molecule has 0 amide bonds. The lowest BCUT2D eigenvalue weighted by molar-refractivity contribution is 0.145. The van der Waals surface area contributed by atoms with Crippen molar-refractivity contribution in [2.45, 2.75) is 18.4 Å². The first kappa shape index (κ1) is 10.8. The van der Waals surface area contributed by atoms with E-state index in [9.17, 15) is 5.11 Å². The van der Waals surface area contributed by atoms with E-state index in [2.05, 4.69) is 15.9 Å². The van der Waals surface area contributed by atoms with Gasteiger partial charge in [0.05, 0.1) is 19.8 Å². The van der Waals surface area contributed by atoms with Crippen molar-refractivity contribution in [1.82, 2.24) is 0 Å². The summed E-state index contributed by atoms with van der Waals surface area (Å²) < 4.78 is 11.4. The highest BCUT2D eigenvalue weighted by Gasteiger charge is 2.46. The molecule has 82 valence electrons. The summed E-state index contributed by atoms with van der Waals surface area (Å²) >= 11 is 3.43. The Bertz CT molecular complexity index is 386. The van der Waals surface area contributed by atoms with Gasteiger partial charge in [-0.2, -0.15) is 0 Å². The number of hydrogen-bond donors (Lipinski definition) is 1. The highest BCUT2D eigenvalue weighted by Crippen LogP contribution is 2.53. The molecule has 0 radical (unpaired) electrons. The van der Waals surface area contributed by atoms with Crippen LogP contribution in [0.25, 0.3) is 0 Å². The summed E-state index contributed by atoms with van der Waals surface area (Å²) in [5.41, 5.74) is 0.0583. The van der Waals surface area contributed by atoms with Crippen LogP contribution in [0, 0.1) is 0 Å². The van der Waals surface area contributed by atoms with Gasteiger partial charge in [-0.3, -0.25) is 0 Å².